The minimum Gasteiger partial charge on any atom is -0.0622 e. The predicted molar refractivity (Wildman–Crippen MR) is 265 cm³/mol. The summed E-state index contributed by atoms with van der Waals surface area (Å²) < 4.78 is 0. The third-order valence-corrected chi connectivity index (χ3v) is 12.2. The summed E-state index contributed by atoms with van der Waals surface area (Å²) in [7, 11) is 0. The second kappa shape index (κ2) is 16.2. The Morgan fingerprint density at radius 3 is 0.516 bits per heavy atom. The summed E-state index contributed by atoms with van der Waals surface area (Å²) in [6.07, 6.45) is 0. The van der Waals surface area contributed by atoms with Gasteiger partial charge in [0.1, 0.15) is 0 Å². The molecule has 0 aliphatic heterocycles. The van der Waals surface area contributed by atoms with Crippen molar-refractivity contribution >= 4 is 21.5 Å². The molecule has 0 N–H and O–H groups in total. The molecule has 0 spiro atoms. The molecule has 0 aliphatic rings. The molecule has 0 bridgehead atoms. The number of hydrogen-bond donors (Lipinski definition) is 0. The van der Waals surface area contributed by atoms with Gasteiger partial charge < -0.3 is 0 Å². The SMILES string of the molecule is c1ccc(-c2cc(-c3ccccc3)c3cc(-c4ccc(-c5cc(-c6ccccc6)c6cc(-c7ccccc7)cc(-c7ccccc7)c6c5)cc4)cc(-c4ccccc4)c3c2)cc1. The van der Waals surface area contributed by atoms with E-state index in [1.165, 1.54) is 111 Å². The van der Waals surface area contributed by atoms with Gasteiger partial charge in [0.2, 0.25) is 0 Å². The molecule has 0 aliphatic carbocycles. The molecule has 0 nitrogen and oxygen atoms in total. The molecule has 0 radical (unpaired) electrons. The fraction of sp³-hybridized carbons (Fsp3) is 0. The number of benzene rings is 11. The van der Waals surface area contributed by atoms with Gasteiger partial charge in [0.15, 0.2) is 0 Å². The standard InChI is InChI=1S/C62H42/c1-7-19-43(20-8-1)51-35-55(47-23-11-3-12-24-47)61-41-53(37-57(59(61)39-51)49-27-15-5-16-28-49)45-31-33-46(34-32-45)54-38-58(50-29-17-6-18-30-50)60-40-52(44-21-9-2-10-22-44)36-56(62(60)42-54)48-25-13-4-14-26-48/h1-42H. The third-order valence-electron chi connectivity index (χ3n) is 12.2. The lowest BCUT2D eigenvalue weighted by Gasteiger charge is -2.18. The Hall–Kier alpha value is -8.06. The molecule has 0 heteroatoms. The molecule has 11 rings (SSSR count). The molecule has 0 unspecified atom stereocenters. The molecule has 0 aromatic heterocycles. The van der Waals surface area contributed by atoms with E-state index in [-0.39, 0.29) is 0 Å². The van der Waals surface area contributed by atoms with Crippen molar-refractivity contribution < 1.29 is 0 Å². The first kappa shape index (κ1) is 37.0. The van der Waals surface area contributed by atoms with Crippen LogP contribution in [0.15, 0.2) is 255 Å². The van der Waals surface area contributed by atoms with Gasteiger partial charge in [-0.25, -0.2) is 0 Å². The van der Waals surface area contributed by atoms with E-state index in [1.54, 1.807) is 0 Å². The van der Waals surface area contributed by atoms with Gasteiger partial charge in [-0.05, 0) is 159 Å². The smallest absolute Gasteiger partial charge is 0.00926 e. The summed E-state index contributed by atoms with van der Waals surface area (Å²) in [6.45, 7) is 0. The second-order valence-electron chi connectivity index (χ2n) is 16.1. The van der Waals surface area contributed by atoms with Crippen LogP contribution in [0.1, 0.15) is 0 Å². The Morgan fingerprint density at radius 1 is 0.129 bits per heavy atom. The highest BCUT2D eigenvalue weighted by molar-refractivity contribution is 6.10. The first-order chi connectivity index (χ1) is 30.7. The van der Waals surface area contributed by atoms with Crippen LogP contribution < -0.4 is 0 Å². The van der Waals surface area contributed by atoms with E-state index >= 15 is 0 Å². The summed E-state index contributed by atoms with van der Waals surface area (Å²) in [5, 5.41) is 4.96. The highest BCUT2D eigenvalue weighted by Gasteiger charge is 2.17. The van der Waals surface area contributed by atoms with Gasteiger partial charge >= 0.3 is 0 Å². The summed E-state index contributed by atoms with van der Waals surface area (Å²) >= 11 is 0. The van der Waals surface area contributed by atoms with Crippen molar-refractivity contribution in [2.75, 3.05) is 0 Å². The maximum atomic E-state index is 2.40. The van der Waals surface area contributed by atoms with Crippen molar-refractivity contribution in [2.45, 2.75) is 0 Å². The van der Waals surface area contributed by atoms with Crippen molar-refractivity contribution in [1.82, 2.24) is 0 Å². The Labute approximate surface area is 363 Å². The van der Waals surface area contributed by atoms with Crippen molar-refractivity contribution in [1.29, 1.82) is 0 Å². The van der Waals surface area contributed by atoms with Crippen molar-refractivity contribution in [3.05, 3.63) is 255 Å². The van der Waals surface area contributed by atoms with E-state index in [9.17, 15) is 0 Å². The van der Waals surface area contributed by atoms with Gasteiger partial charge in [-0.1, -0.05) is 206 Å². The quantitative estimate of drug-likeness (QED) is 0.144. The summed E-state index contributed by atoms with van der Waals surface area (Å²) in [6, 6.07) is 93.1. The third kappa shape index (κ3) is 7.08. The van der Waals surface area contributed by atoms with Gasteiger partial charge in [0.25, 0.3) is 0 Å². The Bertz CT molecular complexity index is 3090. The van der Waals surface area contributed by atoms with Gasteiger partial charge in [-0.2, -0.15) is 0 Å². The fourth-order valence-electron chi connectivity index (χ4n) is 9.13. The van der Waals surface area contributed by atoms with Crippen molar-refractivity contribution in [3.8, 4) is 89.0 Å². The van der Waals surface area contributed by atoms with Crippen LogP contribution in [0.5, 0.6) is 0 Å². The Kier molecular flexibility index (Phi) is 9.65. The summed E-state index contributed by atoms with van der Waals surface area (Å²) in [5.41, 5.74) is 19.3. The fourth-order valence-corrected chi connectivity index (χ4v) is 9.13. The van der Waals surface area contributed by atoms with Gasteiger partial charge in [0.05, 0.1) is 0 Å². The van der Waals surface area contributed by atoms with Gasteiger partial charge in [-0.15, -0.1) is 0 Å². The van der Waals surface area contributed by atoms with E-state index in [2.05, 4.69) is 255 Å². The van der Waals surface area contributed by atoms with Gasteiger partial charge in [0, 0.05) is 0 Å². The zero-order valence-corrected chi connectivity index (χ0v) is 34.2. The lowest BCUT2D eigenvalue weighted by molar-refractivity contribution is 1.58. The molecule has 0 heterocycles. The molecule has 62 heavy (non-hydrogen) atoms. The number of hydrogen-bond acceptors (Lipinski definition) is 0. The predicted octanol–water partition coefficient (Wildman–Crippen LogP) is 17.3. The van der Waals surface area contributed by atoms with Crippen LogP contribution in [0.3, 0.4) is 0 Å². The van der Waals surface area contributed by atoms with Crippen LogP contribution in [0.25, 0.3) is 111 Å². The van der Waals surface area contributed by atoms with Crippen LogP contribution in [0.4, 0.5) is 0 Å². The molecular formula is C62H42. The summed E-state index contributed by atoms with van der Waals surface area (Å²) in [4.78, 5) is 0. The monoisotopic (exact) mass is 786 g/mol. The maximum absolute atomic E-state index is 2.40. The van der Waals surface area contributed by atoms with E-state index < -0.39 is 0 Å². The zero-order chi connectivity index (χ0) is 41.2. The first-order valence-corrected chi connectivity index (χ1v) is 21.4. The van der Waals surface area contributed by atoms with Crippen molar-refractivity contribution in [3.63, 3.8) is 0 Å². The molecule has 11 aromatic rings. The Morgan fingerprint density at radius 2 is 0.306 bits per heavy atom. The first-order valence-electron chi connectivity index (χ1n) is 21.4. The Balaban J connectivity index is 1.09. The lowest BCUT2D eigenvalue weighted by Crippen LogP contribution is -1.91. The maximum Gasteiger partial charge on any atom is -0.00926 e. The molecule has 0 fully saturated rings. The summed E-state index contributed by atoms with van der Waals surface area (Å²) in [5.74, 6) is 0. The van der Waals surface area contributed by atoms with Crippen LogP contribution in [0, 0.1) is 0 Å². The minimum absolute atomic E-state index is 1.18. The number of fused-ring (bicyclic) bond motifs is 2. The van der Waals surface area contributed by atoms with E-state index in [1.807, 2.05) is 0 Å². The van der Waals surface area contributed by atoms with E-state index in [0.717, 1.165) is 0 Å². The molecule has 11 aromatic carbocycles. The van der Waals surface area contributed by atoms with Crippen LogP contribution in [-0.4, -0.2) is 0 Å². The average Bonchev–Trinajstić information content (AvgIpc) is 3.36. The molecule has 290 valence electrons. The van der Waals surface area contributed by atoms with E-state index in [0.29, 0.717) is 0 Å². The topological polar surface area (TPSA) is 0 Å². The van der Waals surface area contributed by atoms with Crippen LogP contribution in [-0.2, 0) is 0 Å². The lowest BCUT2D eigenvalue weighted by atomic mass is 9.86. The normalized spacial score (nSPS) is 11.2. The van der Waals surface area contributed by atoms with E-state index in [4.69, 9.17) is 0 Å². The molecule has 0 saturated carbocycles. The molecule has 0 amide bonds. The average molecular weight is 787 g/mol. The van der Waals surface area contributed by atoms with Crippen LogP contribution in [0.2, 0.25) is 0 Å². The highest BCUT2D eigenvalue weighted by Crippen LogP contribution is 2.44. The second-order valence-corrected chi connectivity index (χ2v) is 16.1. The molecular weight excluding hydrogens is 745 g/mol. The van der Waals surface area contributed by atoms with Crippen LogP contribution >= 0.6 is 0 Å². The minimum atomic E-state index is 1.18. The van der Waals surface area contributed by atoms with Crippen molar-refractivity contribution in [2.24, 2.45) is 0 Å². The highest BCUT2D eigenvalue weighted by atomic mass is 14.2. The van der Waals surface area contributed by atoms with Gasteiger partial charge in [-0.3, -0.25) is 0 Å². The zero-order valence-electron chi connectivity index (χ0n) is 34.2. The molecule has 0 saturated heterocycles. The molecule has 0 atom stereocenters. The largest absolute Gasteiger partial charge is 0.0622 e. The number of rotatable bonds is 8.